The maximum Gasteiger partial charge on any atom is 0.435 e. The van der Waals surface area contributed by atoms with Gasteiger partial charge in [-0.3, -0.25) is 4.68 Å². The van der Waals surface area contributed by atoms with Gasteiger partial charge in [-0.15, -0.1) is 0 Å². The third-order valence-corrected chi connectivity index (χ3v) is 5.23. The summed E-state index contributed by atoms with van der Waals surface area (Å²) >= 11 is 0. The van der Waals surface area contributed by atoms with Crippen LogP contribution in [0, 0.1) is 6.92 Å². The molecule has 2 aromatic rings. The predicted octanol–water partition coefficient (Wildman–Crippen LogP) is 3.14. The Hall–Kier alpha value is -1.87. The molecule has 1 N–H and O–H groups in total. The molecule has 0 spiro atoms. The van der Waals surface area contributed by atoms with Crippen molar-refractivity contribution >= 4 is 10.0 Å². The third-order valence-electron chi connectivity index (χ3n) is 3.75. The van der Waals surface area contributed by atoms with Gasteiger partial charge in [0.2, 0.25) is 10.0 Å². The van der Waals surface area contributed by atoms with Crippen LogP contribution in [0.3, 0.4) is 0 Å². The van der Waals surface area contributed by atoms with Crippen LogP contribution in [-0.2, 0) is 29.2 Å². The summed E-state index contributed by atoms with van der Waals surface area (Å²) in [7, 11) is -3.63. The number of hydrogen-bond acceptors (Lipinski definition) is 3. The molecule has 25 heavy (non-hydrogen) atoms. The van der Waals surface area contributed by atoms with Crippen molar-refractivity contribution in [1.82, 2.24) is 14.5 Å². The fraction of sp³-hybridized carbons (Fsp3) is 0.438. The molecule has 9 heteroatoms. The van der Waals surface area contributed by atoms with Crippen LogP contribution in [0.15, 0.2) is 35.2 Å². The highest BCUT2D eigenvalue weighted by Gasteiger charge is 2.34. The minimum absolute atomic E-state index is 0.110. The van der Waals surface area contributed by atoms with E-state index in [0.717, 1.165) is 18.1 Å². The second-order valence-corrected chi connectivity index (χ2v) is 7.41. The predicted molar refractivity (Wildman–Crippen MR) is 87.6 cm³/mol. The van der Waals surface area contributed by atoms with Crippen molar-refractivity contribution < 1.29 is 21.6 Å². The summed E-state index contributed by atoms with van der Waals surface area (Å²) in [6.45, 7) is 3.81. The molecule has 0 atom stereocenters. The molecule has 0 saturated heterocycles. The lowest BCUT2D eigenvalue weighted by Gasteiger charge is -2.08. The zero-order valence-electron chi connectivity index (χ0n) is 14.0. The maximum absolute atomic E-state index is 12.6. The minimum Gasteiger partial charge on any atom is -0.269 e. The standard InChI is InChI=1S/C16H20F3N3O2S/c1-3-13-5-7-14(8-6-13)25(23,24)20-9-4-10-22-12(2)11-15(21-22)16(17,18)19/h5-8,11,20H,3-4,9-10H2,1-2H3. The van der Waals surface area contributed by atoms with E-state index < -0.39 is 21.9 Å². The van der Waals surface area contributed by atoms with Gasteiger partial charge in [-0.2, -0.15) is 18.3 Å². The van der Waals surface area contributed by atoms with Gasteiger partial charge in [0, 0.05) is 18.8 Å². The first-order valence-electron chi connectivity index (χ1n) is 7.83. The number of hydrogen-bond donors (Lipinski definition) is 1. The van der Waals surface area contributed by atoms with Crippen LogP contribution < -0.4 is 4.72 Å². The topological polar surface area (TPSA) is 64.0 Å². The first kappa shape index (κ1) is 19.5. The number of nitrogens with zero attached hydrogens (tertiary/aromatic N) is 2. The Balaban J connectivity index is 1.91. The van der Waals surface area contributed by atoms with Crippen LogP contribution in [0.4, 0.5) is 13.2 Å². The third kappa shape index (κ3) is 5.05. The molecule has 138 valence electrons. The van der Waals surface area contributed by atoms with Crippen LogP contribution >= 0.6 is 0 Å². The highest BCUT2D eigenvalue weighted by Crippen LogP contribution is 2.28. The molecule has 0 amide bonds. The second kappa shape index (κ2) is 7.57. The number of alkyl halides is 3. The van der Waals surface area contributed by atoms with Gasteiger partial charge in [0.25, 0.3) is 0 Å². The van der Waals surface area contributed by atoms with E-state index in [9.17, 15) is 21.6 Å². The van der Waals surface area contributed by atoms with Crippen molar-refractivity contribution in [1.29, 1.82) is 0 Å². The monoisotopic (exact) mass is 375 g/mol. The SMILES string of the molecule is CCc1ccc(S(=O)(=O)NCCCn2nc(C(F)(F)F)cc2C)cc1. The molecule has 2 rings (SSSR count). The Morgan fingerprint density at radius 2 is 1.84 bits per heavy atom. The first-order chi connectivity index (χ1) is 11.6. The Morgan fingerprint density at radius 1 is 1.20 bits per heavy atom. The summed E-state index contributed by atoms with van der Waals surface area (Å²) < 4.78 is 65.8. The largest absolute Gasteiger partial charge is 0.435 e. The number of halogens is 3. The highest BCUT2D eigenvalue weighted by atomic mass is 32.2. The number of benzene rings is 1. The molecule has 5 nitrogen and oxygen atoms in total. The Bertz CT molecular complexity index is 812. The fourth-order valence-corrected chi connectivity index (χ4v) is 3.37. The Morgan fingerprint density at radius 3 is 2.36 bits per heavy atom. The highest BCUT2D eigenvalue weighted by molar-refractivity contribution is 7.89. The second-order valence-electron chi connectivity index (χ2n) is 5.64. The quantitative estimate of drug-likeness (QED) is 0.756. The van der Waals surface area contributed by atoms with Crippen LogP contribution in [-0.4, -0.2) is 24.7 Å². The van der Waals surface area contributed by atoms with Crippen molar-refractivity contribution in [2.24, 2.45) is 0 Å². The van der Waals surface area contributed by atoms with Gasteiger partial charge in [0.05, 0.1) is 4.90 Å². The van der Waals surface area contributed by atoms with E-state index in [1.807, 2.05) is 6.92 Å². The zero-order valence-corrected chi connectivity index (χ0v) is 14.8. The average molecular weight is 375 g/mol. The van der Waals surface area contributed by atoms with Crippen LogP contribution in [0.25, 0.3) is 0 Å². The van der Waals surface area contributed by atoms with Crippen LogP contribution in [0.1, 0.15) is 30.3 Å². The van der Waals surface area contributed by atoms with Gasteiger partial charge in [0.1, 0.15) is 0 Å². The number of nitrogens with one attached hydrogen (secondary N) is 1. The van der Waals surface area contributed by atoms with Crippen molar-refractivity contribution in [3.63, 3.8) is 0 Å². The molecular formula is C16H20F3N3O2S. The molecule has 0 radical (unpaired) electrons. The Labute approximate surface area is 144 Å². The van der Waals surface area contributed by atoms with Gasteiger partial charge in [0.15, 0.2) is 5.69 Å². The van der Waals surface area contributed by atoms with Gasteiger partial charge in [-0.1, -0.05) is 19.1 Å². The Kier molecular flexibility index (Phi) is 5.89. The minimum atomic E-state index is -4.48. The summed E-state index contributed by atoms with van der Waals surface area (Å²) in [4.78, 5) is 0.166. The zero-order chi connectivity index (χ0) is 18.7. The molecular weight excluding hydrogens is 355 g/mol. The maximum atomic E-state index is 12.6. The van der Waals surface area contributed by atoms with E-state index in [0.29, 0.717) is 12.1 Å². The van der Waals surface area contributed by atoms with Crippen molar-refractivity contribution in [2.75, 3.05) is 6.54 Å². The van der Waals surface area contributed by atoms with E-state index in [4.69, 9.17) is 0 Å². The van der Waals surface area contributed by atoms with Gasteiger partial charge in [-0.25, -0.2) is 13.1 Å². The van der Waals surface area contributed by atoms with E-state index in [2.05, 4.69) is 9.82 Å². The smallest absolute Gasteiger partial charge is 0.269 e. The fourth-order valence-electron chi connectivity index (χ4n) is 2.30. The summed E-state index contributed by atoms with van der Waals surface area (Å²) in [5, 5.41) is 3.51. The summed E-state index contributed by atoms with van der Waals surface area (Å²) in [6.07, 6.45) is -3.34. The average Bonchev–Trinajstić information content (AvgIpc) is 2.93. The molecule has 1 heterocycles. The summed E-state index contributed by atoms with van der Waals surface area (Å²) in [6, 6.07) is 7.54. The molecule has 0 aliphatic rings. The van der Waals surface area contributed by atoms with Crippen LogP contribution in [0.2, 0.25) is 0 Å². The van der Waals surface area contributed by atoms with E-state index >= 15 is 0 Å². The van der Waals surface area contributed by atoms with Gasteiger partial charge >= 0.3 is 6.18 Å². The molecule has 0 saturated carbocycles. The molecule has 0 fully saturated rings. The van der Waals surface area contributed by atoms with Crippen LogP contribution in [0.5, 0.6) is 0 Å². The lowest BCUT2D eigenvalue weighted by atomic mass is 10.2. The van der Waals surface area contributed by atoms with Gasteiger partial charge < -0.3 is 0 Å². The normalized spacial score (nSPS) is 12.5. The number of rotatable bonds is 7. The lowest BCUT2D eigenvalue weighted by Crippen LogP contribution is -2.25. The molecule has 0 bridgehead atoms. The number of sulfonamides is 1. The van der Waals surface area contributed by atoms with E-state index in [1.54, 1.807) is 12.1 Å². The van der Waals surface area contributed by atoms with Crippen molar-refractivity contribution in [3.8, 4) is 0 Å². The molecule has 0 aliphatic heterocycles. The molecule has 1 aromatic carbocycles. The van der Waals surface area contributed by atoms with Crippen molar-refractivity contribution in [2.45, 2.75) is 44.3 Å². The first-order valence-corrected chi connectivity index (χ1v) is 9.32. The number of aryl methyl sites for hydroxylation is 3. The van der Waals surface area contributed by atoms with Crippen molar-refractivity contribution in [3.05, 3.63) is 47.3 Å². The lowest BCUT2D eigenvalue weighted by molar-refractivity contribution is -0.141. The number of aromatic nitrogens is 2. The van der Waals surface area contributed by atoms with Gasteiger partial charge in [-0.05, 0) is 43.5 Å². The van der Waals surface area contributed by atoms with E-state index in [1.165, 1.54) is 23.7 Å². The summed E-state index contributed by atoms with van der Waals surface area (Å²) in [5.74, 6) is 0. The molecule has 0 aliphatic carbocycles. The molecule has 1 aromatic heterocycles. The van der Waals surface area contributed by atoms with E-state index in [-0.39, 0.29) is 18.0 Å². The summed E-state index contributed by atoms with van der Waals surface area (Å²) in [5.41, 5.74) is 0.473. The molecule has 0 unspecified atom stereocenters.